The predicted molar refractivity (Wildman–Crippen MR) is 108 cm³/mol. The van der Waals surface area contributed by atoms with E-state index in [0.717, 1.165) is 16.7 Å². The first-order valence-corrected chi connectivity index (χ1v) is 10.4. The average molecular weight is 389 g/mol. The van der Waals surface area contributed by atoms with E-state index in [0.29, 0.717) is 24.7 Å². The van der Waals surface area contributed by atoms with E-state index in [-0.39, 0.29) is 17.9 Å². The summed E-state index contributed by atoms with van der Waals surface area (Å²) in [6.07, 6.45) is 0.511. The van der Waals surface area contributed by atoms with Crippen LogP contribution in [0.5, 0.6) is 5.75 Å². The monoisotopic (exact) mass is 388 g/mol. The molecule has 146 valence electrons. The van der Waals surface area contributed by atoms with Crippen LogP contribution in [0.25, 0.3) is 0 Å². The SMILES string of the molecule is CC(C)CC(=O)N1CCSc2nnc(COc3ccc(C(C)(C)C)cc3)n21. The van der Waals surface area contributed by atoms with Crippen LogP contribution in [0, 0.1) is 5.92 Å². The number of carbonyl (C=O) groups is 1. The van der Waals surface area contributed by atoms with E-state index in [1.165, 1.54) is 5.56 Å². The number of hydrogen-bond donors (Lipinski definition) is 0. The first kappa shape index (κ1) is 19.7. The molecule has 0 spiro atoms. The zero-order chi connectivity index (χ0) is 19.6. The Morgan fingerprint density at radius 1 is 1.22 bits per heavy atom. The molecule has 1 amide bonds. The van der Waals surface area contributed by atoms with Crippen LogP contribution >= 0.6 is 11.8 Å². The van der Waals surface area contributed by atoms with Crippen molar-refractivity contribution in [3.05, 3.63) is 35.7 Å². The molecule has 0 radical (unpaired) electrons. The van der Waals surface area contributed by atoms with E-state index in [1.807, 2.05) is 16.8 Å². The lowest BCUT2D eigenvalue weighted by Gasteiger charge is -2.29. The Bertz CT molecular complexity index is 793. The highest BCUT2D eigenvalue weighted by atomic mass is 32.2. The lowest BCUT2D eigenvalue weighted by atomic mass is 9.87. The second kappa shape index (κ2) is 7.92. The lowest BCUT2D eigenvalue weighted by Crippen LogP contribution is -2.46. The summed E-state index contributed by atoms with van der Waals surface area (Å²) in [5.74, 6) is 2.67. The largest absolute Gasteiger partial charge is 0.486 e. The Balaban J connectivity index is 1.73. The highest BCUT2D eigenvalue weighted by Crippen LogP contribution is 2.26. The van der Waals surface area contributed by atoms with Crippen molar-refractivity contribution in [3.8, 4) is 5.75 Å². The number of rotatable bonds is 5. The number of thioether (sulfide) groups is 1. The Labute approximate surface area is 165 Å². The zero-order valence-electron chi connectivity index (χ0n) is 16.7. The summed E-state index contributed by atoms with van der Waals surface area (Å²) >= 11 is 1.62. The number of fused-ring (bicyclic) bond motifs is 1. The minimum Gasteiger partial charge on any atom is -0.486 e. The van der Waals surface area contributed by atoms with Gasteiger partial charge in [-0.1, -0.05) is 58.5 Å². The summed E-state index contributed by atoms with van der Waals surface area (Å²) in [5, 5.41) is 11.0. The van der Waals surface area contributed by atoms with Gasteiger partial charge >= 0.3 is 0 Å². The quantitative estimate of drug-likeness (QED) is 0.780. The molecule has 3 rings (SSSR count). The van der Waals surface area contributed by atoms with Gasteiger partial charge < -0.3 is 4.74 Å². The van der Waals surface area contributed by atoms with Crippen molar-refractivity contribution >= 4 is 17.7 Å². The molecule has 1 aromatic heterocycles. The molecule has 1 aromatic carbocycles. The zero-order valence-corrected chi connectivity index (χ0v) is 17.5. The van der Waals surface area contributed by atoms with Gasteiger partial charge in [-0.25, -0.2) is 9.69 Å². The van der Waals surface area contributed by atoms with Gasteiger partial charge in [-0.05, 0) is 29.0 Å². The smallest absolute Gasteiger partial charge is 0.241 e. The normalized spacial score (nSPS) is 14.4. The number of hydrogen-bond acceptors (Lipinski definition) is 5. The number of ether oxygens (including phenoxy) is 1. The van der Waals surface area contributed by atoms with Crippen LogP contribution in [0.3, 0.4) is 0 Å². The molecule has 0 saturated heterocycles. The first-order chi connectivity index (χ1) is 12.8. The molecule has 1 aliphatic rings. The minimum atomic E-state index is 0.0992. The summed E-state index contributed by atoms with van der Waals surface area (Å²) in [7, 11) is 0. The Morgan fingerprint density at radius 3 is 2.56 bits per heavy atom. The van der Waals surface area contributed by atoms with Crippen molar-refractivity contribution in [1.82, 2.24) is 14.9 Å². The van der Waals surface area contributed by atoms with Gasteiger partial charge in [0.1, 0.15) is 12.4 Å². The molecule has 2 aromatic rings. The molecule has 0 N–H and O–H groups in total. The van der Waals surface area contributed by atoms with E-state index in [9.17, 15) is 4.79 Å². The van der Waals surface area contributed by atoms with Gasteiger partial charge in [-0.3, -0.25) is 4.79 Å². The molecule has 1 aliphatic heterocycles. The van der Waals surface area contributed by atoms with Crippen LogP contribution in [-0.4, -0.2) is 33.1 Å². The number of benzene rings is 1. The van der Waals surface area contributed by atoms with Crippen molar-refractivity contribution in [2.75, 3.05) is 17.3 Å². The summed E-state index contributed by atoms with van der Waals surface area (Å²) in [6, 6.07) is 8.13. The highest BCUT2D eigenvalue weighted by molar-refractivity contribution is 7.99. The van der Waals surface area contributed by atoms with Gasteiger partial charge in [0.15, 0.2) is 5.82 Å². The van der Waals surface area contributed by atoms with E-state index in [1.54, 1.807) is 16.8 Å². The van der Waals surface area contributed by atoms with Gasteiger partial charge in [0, 0.05) is 12.2 Å². The number of nitrogens with zero attached hydrogens (tertiary/aromatic N) is 4. The van der Waals surface area contributed by atoms with Gasteiger partial charge in [0.25, 0.3) is 0 Å². The molecule has 0 saturated carbocycles. The molecule has 0 bridgehead atoms. The number of amides is 1. The maximum Gasteiger partial charge on any atom is 0.241 e. The third kappa shape index (κ3) is 4.64. The van der Waals surface area contributed by atoms with Crippen LogP contribution in [0.15, 0.2) is 29.4 Å². The van der Waals surface area contributed by atoms with E-state index in [4.69, 9.17) is 4.74 Å². The van der Waals surface area contributed by atoms with Gasteiger partial charge in [0.05, 0.1) is 6.54 Å². The molecular weight excluding hydrogens is 360 g/mol. The molecule has 0 atom stereocenters. The molecule has 0 aliphatic carbocycles. The van der Waals surface area contributed by atoms with Gasteiger partial charge in [-0.2, -0.15) is 0 Å². The summed E-state index contributed by atoms with van der Waals surface area (Å²) < 4.78 is 7.74. The van der Waals surface area contributed by atoms with Crippen molar-refractivity contribution in [1.29, 1.82) is 0 Å². The highest BCUT2D eigenvalue weighted by Gasteiger charge is 2.27. The summed E-state index contributed by atoms with van der Waals surface area (Å²) in [5.41, 5.74) is 1.37. The van der Waals surface area contributed by atoms with Crippen LogP contribution in [0.1, 0.15) is 52.4 Å². The Morgan fingerprint density at radius 2 is 1.93 bits per heavy atom. The molecule has 2 heterocycles. The van der Waals surface area contributed by atoms with Gasteiger partial charge in [-0.15, -0.1) is 10.2 Å². The topological polar surface area (TPSA) is 60.3 Å². The minimum absolute atomic E-state index is 0.0992. The molecule has 0 unspecified atom stereocenters. The van der Waals surface area contributed by atoms with E-state index >= 15 is 0 Å². The fourth-order valence-corrected chi connectivity index (χ4v) is 3.80. The fraction of sp³-hybridized carbons (Fsp3) is 0.550. The van der Waals surface area contributed by atoms with Crippen LogP contribution in [0.4, 0.5) is 0 Å². The summed E-state index contributed by atoms with van der Waals surface area (Å²) in [6.45, 7) is 11.6. The second-order valence-corrected chi connectivity index (χ2v) is 9.30. The third-order valence-corrected chi connectivity index (χ3v) is 5.31. The van der Waals surface area contributed by atoms with Crippen molar-refractivity contribution in [3.63, 3.8) is 0 Å². The van der Waals surface area contributed by atoms with E-state index in [2.05, 4.69) is 56.9 Å². The van der Waals surface area contributed by atoms with Crippen molar-refractivity contribution in [2.45, 2.75) is 58.2 Å². The standard InChI is InChI=1S/C20H28N4O2S/c1-14(2)12-18(25)23-10-11-27-19-22-21-17(24(19)23)13-26-16-8-6-15(7-9-16)20(3,4)5/h6-9,14H,10-13H2,1-5H3. The lowest BCUT2D eigenvalue weighted by molar-refractivity contribution is -0.121. The Hall–Kier alpha value is -2.02. The molecular formula is C20H28N4O2S. The number of aromatic nitrogens is 3. The van der Waals surface area contributed by atoms with Crippen LogP contribution < -0.4 is 9.75 Å². The Kier molecular flexibility index (Phi) is 5.79. The van der Waals surface area contributed by atoms with Crippen LogP contribution in [0.2, 0.25) is 0 Å². The average Bonchev–Trinajstić information content (AvgIpc) is 3.02. The van der Waals surface area contributed by atoms with Crippen molar-refractivity contribution < 1.29 is 9.53 Å². The van der Waals surface area contributed by atoms with Crippen LogP contribution in [-0.2, 0) is 16.8 Å². The molecule has 7 heteroatoms. The molecule has 27 heavy (non-hydrogen) atoms. The molecule has 0 fully saturated rings. The summed E-state index contributed by atoms with van der Waals surface area (Å²) in [4.78, 5) is 12.6. The maximum atomic E-state index is 12.6. The maximum absolute atomic E-state index is 12.6. The van der Waals surface area contributed by atoms with Gasteiger partial charge in [0.2, 0.25) is 11.1 Å². The number of carbonyl (C=O) groups excluding carboxylic acids is 1. The third-order valence-electron chi connectivity index (χ3n) is 4.41. The molecule has 6 nitrogen and oxygen atoms in total. The van der Waals surface area contributed by atoms with Crippen molar-refractivity contribution in [2.24, 2.45) is 5.92 Å². The first-order valence-electron chi connectivity index (χ1n) is 9.37. The second-order valence-electron chi connectivity index (χ2n) is 8.24. The predicted octanol–water partition coefficient (Wildman–Crippen LogP) is 3.77. The fourth-order valence-electron chi connectivity index (χ4n) is 2.93. The van der Waals surface area contributed by atoms with E-state index < -0.39 is 0 Å².